The van der Waals surface area contributed by atoms with Gasteiger partial charge in [0.05, 0.1) is 15.5 Å². The fraction of sp³-hybridized carbons (Fsp3) is 0.214. The number of primary sulfonamides is 1. The van der Waals surface area contributed by atoms with Crippen LogP contribution in [0.5, 0.6) is 0 Å². The predicted molar refractivity (Wildman–Crippen MR) is 96.2 cm³/mol. The fourth-order valence-corrected chi connectivity index (χ4v) is 4.33. The van der Waals surface area contributed by atoms with Crippen LogP contribution in [-0.2, 0) is 16.4 Å². The number of nitrogens with one attached hydrogen (secondary N) is 1. The van der Waals surface area contributed by atoms with Gasteiger partial charge in [-0.1, -0.05) is 41.7 Å². The van der Waals surface area contributed by atoms with Gasteiger partial charge in [-0.05, 0) is 31.0 Å². The Kier molecular flexibility index (Phi) is 4.63. The van der Waals surface area contributed by atoms with Crippen molar-refractivity contribution in [3.05, 3.63) is 35.0 Å². The number of benzene rings is 1. The van der Waals surface area contributed by atoms with Crippen LogP contribution in [0.15, 0.2) is 29.2 Å². The number of aryl methyl sites for hydroxylation is 2. The first kappa shape index (κ1) is 17.0. The van der Waals surface area contributed by atoms with E-state index in [-0.39, 0.29) is 4.90 Å². The molecule has 0 aliphatic heterocycles. The molecule has 2 aromatic heterocycles. The third-order valence-corrected chi connectivity index (χ3v) is 6.22. The summed E-state index contributed by atoms with van der Waals surface area (Å²) in [6, 6.07) is 6.53. The fourth-order valence-electron chi connectivity index (χ4n) is 2.07. The van der Waals surface area contributed by atoms with Crippen LogP contribution < -0.4 is 10.5 Å². The molecule has 0 atom stereocenters. The third-order valence-electron chi connectivity index (χ3n) is 3.20. The Hall–Kier alpha value is -1.88. The molecular weight excluding hydrogens is 366 g/mol. The summed E-state index contributed by atoms with van der Waals surface area (Å²) in [7, 11) is -3.74. The lowest BCUT2D eigenvalue weighted by Gasteiger charge is -2.02. The van der Waals surface area contributed by atoms with Crippen molar-refractivity contribution in [2.24, 2.45) is 5.14 Å². The van der Waals surface area contributed by atoms with Gasteiger partial charge in [-0.2, -0.15) is 0 Å². The molecule has 7 nitrogen and oxygen atoms in total. The normalized spacial score (nSPS) is 11.6. The number of aromatic nitrogens is 3. The molecule has 3 N–H and O–H groups in total. The Labute approximate surface area is 147 Å². The Balaban J connectivity index is 1.91. The number of rotatable bonds is 5. The van der Waals surface area contributed by atoms with E-state index < -0.39 is 10.0 Å². The highest BCUT2D eigenvalue weighted by atomic mass is 32.2. The molecule has 0 aliphatic carbocycles. The molecule has 1 aromatic carbocycles. The standard InChI is InChI=1S/C14H15N5O2S3/c1-3-11-18-19-14(22-11)17-13-16-8(2)12(23-13)9-5-4-6-10(7-9)24(15,20)21/h4-7H,3H2,1-2H3,(H2,15,20,21)(H,16,17,19). The van der Waals surface area contributed by atoms with Gasteiger partial charge in [0.2, 0.25) is 15.2 Å². The average Bonchev–Trinajstić information content (AvgIpc) is 3.13. The van der Waals surface area contributed by atoms with Crippen LogP contribution in [0.4, 0.5) is 10.3 Å². The molecule has 0 fully saturated rings. The summed E-state index contributed by atoms with van der Waals surface area (Å²) in [5.41, 5.74) is 1.56. The van der Waals surface area contributed by atoms with Gasteiger partial charge in [-0.25, -0.2) is 18.5 Å². The van der Waals surface area contributed by atoms with Crippen molar-refractivity contribution in [3.8, 4) is 10.4 Å². The van der Waals surface area contributed by atoms with Crippen LogP contribution in [0.3, 0.4) is 0 Å². The van der Waals surface area contributed by atoms with E-state index in [0.717, 1.165) is 27.6 Å². The maximum absolute atomic E-state index is 11.5. The molecular formula is C14H15N5O2S3. The first-order valence-electron chi connectivity index (χ1n) is 7.07. The summed E-state index contributed by atoms with van der Waals surface area (Å²) in [6.45, 7) is 3.90. The molecule has 3 aromatic rings. The monoisotopic (exact) mass is 381 g/mol. The number of nitrogens with two attached hydrogens (primary N) is 1. The lowest BCUT2D eigenvalue weighted by atomic mass is 10.2. The molecule has 0 bridgehead atoms. The number of sulfonamides is 1. The zero-order valence-electron chi connectivity index (χ0n) is 13.0. The van der Waals surface area contributed by atoms with E-state index in [4.69, 9.17) is 5.14 Å². The summed E-state index contributed by atoms with van der Waals surface area (Å²) in [4.78, 5) is 5.44. The van der Waals surface area contributed by atoms with Crippen LogP contribution in [0.2, 0.25) is 0 Å². The largest absolute Gasteiger partial charge is 0.306 e. The van der Waals surface area contributed by atoms with Crippen LogP contribution in [0.1, 0.15) is 17.6 Å². The minimum absolute atomic E-state index is 0.0824. The third kappa shape index (κ3) is 3.61. The van der Waals surface area contributed by atoms with Gasteiger partial charge in [0.1, 0.15) is 5.01 Å². The minimum atomic E-state index is -3.74. The van der Waals surface area contributed by atoms with Crippen molar-refractivity contribution in [2.75, 3.05) is 5.32 Å². The molecule has 0 amide bonds. The van der Waals surface area contributed by atoms with E-state index in [1.807, 2.05) is 19.9 Å². The van der Waals surface area contributed by atoms with Crippen LogP contribution in [0.25, 0.3) is 10.4 Å². The Morgan fingerprint density at radius 1 is 1.21 bits per heavy atom. The summed E-state index contributed by atoms with van der Waals surface area (Å²) in [6.07, 6.45) is 0.835. The van der Waals surface area contributed by atoms with Crippen molar-refractivity contribution in [3.63, 3.8) is 0 Å². The maximum Gasteiger partial charge on any atom is 0.238 e. The molecule has 10 heteroatoms. The van der Waals surface area contributed by atoms with Crippen molar-refractivity contribution >= 4 is 43.0 Å². The van der Waals surface area contributed by atoms with E-state index in [1.54, 1.807) is 12.1 Å². The molecule has 2 heterocycles. The molecule has 0 saturated heterocycles. The van der Waals surface area contributed by atoms with Gasteiger partial charge in [0.15, 0.2) is 5.13 Å². The van der Waals surface area contributed by atoms with Crippen LogP contribution in [0, 0.1) is 6.92 Å². The average molecular weight is 382 g/mol. The Morgan fingerprint density at radius 2 is 2.00 bits per heavy atom. The SMILES string of the molecule is CCc1nnc(Nc2nc(C)c(-c3cccc(S(N)(=O)=O)c3)s2)s1. The quantitative estimate of drug-likeness (QED) is 0.703. The topological polar surface area (TPSA) is 111 Å². The summed E-state index contributed by atoms with van der Waals surface area (Å²) < 4.78 is 23.0. The highest BCUT2D eigenvalue weighted by Gasteiger charge is 2.14. The molecule has 24 heavy (non-hydrogen) atoms. The maximum atomic E-state index is 11.5. The molecule has 126 valence electrons. The van der Waals surface area contributed by atoms with E-state index >= 15 is 0 Å². The second kappa shape index (κ2) is 6.55. The summed E-state index contributed by atoms with van der Waals surface area (Å²) >= 11 is 2.91. The second-order valence-corrected chi connectivity index (χ2v) is 8.61. The molecule has 0 spiro atoms. The van der Waals surface area contributed by atoms with Gasteiger partial charge >= 0.3 is 0 Å². The molecule has 0 radical (unpaired) electrons. The summed E-state index contributed by atoms with van der Waals surface area (Å²) in [5.74, 6) is 0. The predicted octanol–water partition coefficient (Wildman–Crippen LogP) is 2.92. The van der Waals surface area contributed by atoms with Crippen LogP contribution >= 0.6 is 22.7 Å². The molecule has 0 unspecified atom stereocenters. The zero-order valence-corrected chi connectivity index (χ0v) is 15.4. The molecule has 3 rings (SSSR count). The van der Waals surface area contributed by atoms with Crippen molar-refractivity contribution in [1.29, 1.82) is 0 Å². The van der Waals surface area contributed by atoms with Gasteiger partial charge < -0.3 is 5.32 Å². The van der Waals surface area contributed by atoms with Crippen LogP contribution in [-0.4, -0.2) is 23.6 Å². The van der Waals surface area contributed by atoms with Gasteiger partial charge in [-0.15, -0.1) is 10.2 Å². The number of nitrogens with zero attached hydrogens (tertiary/aromatic N) is 3. The Bertz CT molecular complexity index is 978. The van der Waals surface area contributed by atoms with Gasteiger partial charge in [0, 0.05) is 0 Å². The van der Waals surface area contributed by atoms with Gasteiger partial charge in [0.25, 0.3) is 0 Å². The van der Waals surface area contributed by atoms with E-state index in [1.165, 1.54) is 28.7 Å². The Morgan fingerprint density at radius 3 is 2.67 bits per heavy atom. The van der Waals surface area contributed by atoms with Crippen molar-refractivity contribution in [1.82, 2.24) is 15.2 Å². The van der Waals surface area contributed by atoms with Crippen molar-refractivity contribution in [2.45, 2.75) is 25.2 Å². The van der Waals surface area contributed by atoms with Crippen molar-refractivity contribution < 1.29 is 8.42 Å². The molecule has 0 saturated carbocycles. The van der Waals surface area contributed by atoms with E-state index in [9.17, 15) is 8.42 Å². The second-order valence-electron chi connectivity index (χ2n) is 4.99. The number of hydrogen-bond acceptors (Lipinski definition) is 8. The smallest absolute Gasteiger partial charge is 0.238 e. The van der Waals surface area contributed by atoms with E-state index in [0.29, 0.717) is 10.3 Å². The lowest BCUT2D eigenvalue weighted by molar-refractivity contribution is 0.598. The van der Waals surface area contributed by atoms with Gasteiger partial charge in [-0.3, -0.25) is 0 Å². The lowest BCUT2D eigenvalue weighted by Crippen LogP contribution is -2.11. The van der Waals surface area contributed by atoms with E-state index in [2.05, 4.69) is 20.5 Å². The minimum Gasteiger partial charge on any atom is -0.306 e. The summed E-state index contributed by atoms with van der Waals surface area (Å²) in [5, 5.41) is 18.8. The molecule has 0 aliphatic rings. The first-order chi connectivity index (χ1) is 11.4. The highest BCUT2D eigenvalue weighted by molar-refractivity contribution is 7.89. The number of hydrogen-bond donors (Lipinski definition) is 2. The number of thiazole rings is 1. The highest BCUT2D eigenvalue weighted by Crippen LogP contribution is 2.35. The first-order valence-corrected chi connectivity index (χ1v) is 10.2. The number of anilines is 2. The zero-order chi connectivity index (χ0) is 17.3.